The number of ether oxygens (including phenoxy) is 1. The molecule has 2 nitrogen and oxygen atoms in total. The Kier molecular flexibility index (Phi) is 3.09. The first kappa shape index (κ1) is 11.0. The zero-order chi connectivity index (χ0) is 10.9. The van der Waals surface area contributed by atoms with Crippen LogP contribution in [0.2, 0.25) is 0 Å². The Morgan fingerprint density at radius 3 is 2.80 bits per heavy atom. The van der Waals surface area contributed by atoms with Gasteiger partial charge >= 0.3 is 0 Å². The van der Waals surface area contributed by atoms with Gasteiger partial charge in [0.25, 0.3) is 0 Å². The van der Waals surface area contributed by atoms with Gasteiger partial charge < -0.3 is 10.1 Å². The van der Waals surface area contributed by atoms with Crippen molar-refractivity contribution in [2.45, 2.75) is 19.1 Å². The molecule has 1 saturated heterocycles. The van der Waals surface area contributed by atoms with Gasteiger partial charge in [-0.1, -0.05) is 22.0 Å². The summed E-state index contributed by atoms with van der Waals surface area (Å²) in [6.45, 7) is 4.34. The lowest BCUT2D eigenvalue weighted by Crippen LogP contribution is -2.58. The maximum Gasteiger partial charge on any atom is 0.124 e. The minimum absolute atomic E-state index is 0.0617. The van der Waals surface area contributed by atoms with Crippen molar-refractivity contribution in [2.24, 2.45) is 0 Å². The molecule has 0 unspecified atom stereocenters. The van der Waals surface area contributed by atoms with Crippen LogP contribution in [0.3, 0.4) is 0 Å². The van der Waals surface area contributed by atoms with Crippen molar-refractivity contribution in [1.29, 1.82) is 0 Å². The van der Waals surface area contributed by atoms with Crippen LogP contribution in [0, 0.1) is 5.82 Å². The maximum atomic E-state index is 12.8. The summed E-state index contributed by atoms with van der Waals surface area (Å²) >= 11 is 3.32. The van der Waals surface area contributed by atoms with Crippen molar-refractivity contribution < 1.29 is 9.13 Å². The van der Waals surface area contributed by atoms with E-state index in [1.807, 2.05) is 0 Å². The van der Waals surface area contributed by atoms with E-state index >= 15 is 0 Å². The summed E-state index contributed by atoms with van der Waals surface area (Å²) in [5.41, 5.74) is 0.915. The lowest BCUT2D eigenvalue weighted by Gasteiger charge is -2.39. The summed E-state index contributed by atoms with van der Waals surface area (Å²) in [4.78, 5) is 0. The normalized spacial score (nSPS) is 18.6. The maximum absolute atomic E-state index is 12.8. The molecule has 0 spiro atoms. The second kappa shape index (κ2) is 4.20. The molecular weight excluding hydrogens is 261 g/mol. The molecule has 0 aliphatic carbocycles. The van der Waals surface area contributed by atoms with E-state index in [-0.39, 0.29) is 11.4 Å². The highest BCUT2D eigenvalue weighted by Gasteiger charge is 2.32. The predicted octanol–water partition coefficient (Wildman–Crippen LogP) is 2.47. The van der Waals surface area contributed by atoms with Crippen molar-refractivity contribution in [3.63, 3.8) is 0 Å². The summed E-state index contributed by atoms with van der Waals surface area (Å²) < 4.78 is 19.3. The molecule has 0 saturated carbocycles. The van der Waals surface area contributed by atoms with E-state index in [2.05, 4.69) is 28.2 Å². The van der Waals surface area contributed by atoms with Crippen molar-refractivity contribution >= 4 is 15.9 Å². The third kappa shape index (κ3) is 2.56. The molecule has 1 fully saturated rings. The predicted molar refractivity (Wildman–Crippen MR) is 60.2 cm³/mol. The first-order chi connectivity index (χ1) is 7.09. The largest absolute Gasteiger partial charge is 0.368 e. The fraction of sp³-hybridized carbons (Fsp3) is 0.455. The summed E-state index contributed by atoms with van der Waals surface area (Å²) in [5.74, 6) is -0.234. The zero-order valence-corrected chi connectivity index (χ0v) is 10.1. The first-order valence-electron chi connectivity index (χ1n) is 4.88. The standard InChI is InChI=1S/C11H13BrFNO/c1-11(6-14-7-11)15-5-8-2-3-9(13)4-10(8)12/h2-4,14H,5-7H2,1H3. The van der Waals surface area contributed by atoms with Crippen molar-refractivity contribution in [3.05, 3.63) is 34.1 Å². The molecule has 0 bridgehead atoms. The first-order valence-corrected chi connectivity index (χ1v) is 5.67. The smallest absolute Gasteiger partial charge is 0.124 e. The number of nitrogens with one attached hydrogen (secondary N) is 1. The number of hydrogen-bond donors (Lipinski definition) is 1. The molecular formula is C11H13BrFNO. The van der Waals surface area contributed by atoms with Gasteiger partial charge in [-0.25, -0.2) is 4.39 Å². The van der Waals surface area contributed by atoms with Gasteiger partial charge in [0.05, 0.1) is 12.2 Å². The second-order valence-electron chi connectivity index (χ2n) is 4.08. The molecule has 1 aromatic carbocycles. The van der Waals surface area contributed by atoms with Gasteiger partial charge in [-0.3, -0.25) is 0 Å². The molecule has 1 aromatic rings. The van der Waals surface area contributed by atoms with Crippen LogP contribution in [0.15, 0.2) is 22.7 Å². The fourth-order valence-electron chi connectivity index (χ4n) is 1.47. The lowest BCUT2D eigenvalue weighted by molar-refractivity contribution is -0.0769. The van der Waals surface area contributed by atoms with Gasteiger partial charge in [0, 0.05) is 17.6 Å². The van der Waals surface area contributed by atoms with Gasteiger partial charge in [-0.05, 0) is 24.6 Å². The number of rotatable bonds is 3. The monoisotopic (exact) mass is 273 g/mol. The van der Waals surface area contributed by atoms with E-state index in [1.165, 1.54) is 12.1 Å². The van der Waals surface area contributed by atoms with Crippen LogP contribution in [0.1, 0.15) is 12.5 Å². The average Bonchev–Trinajstić information content (AvgIpc) is 2.14. The Labute approximate surface area is 96.9 Å². The highest BCUT2D eigenvalue weighted by atomic mass is 79.9. The van der Waals surface area contributed by atoms with Gasteiger partial charge in [0.1, 0.15) is 5.82 Å². The number of halogens is 2. The van der Waals surface area contributed by atoms with E-state index < -0.39 is 0 Å². The lowest BCUT2D eigenvalue weighted by atomic mass is 10.00. The third-order valence-electron chi connectivity index (χ3n) is 2.59. The molecule has 2 rings (SSSR count). The summed E-state index contributed by atoms with van der Waals surface area (Å²) in [6, 6.07) is 4.65. The highest BCUT2D eigenvalue weighted by molar-refractivity contribution is 9.10. The molecule has 4 heteroatoms. The minimum atomic E-state index is -0.234. The van der Waals surface area contributed by atoms with E-state index in [1.54, 1.807) is 6.07 Å². The van der Waals surface area contributed by atoms with Crippen LogP contribution in [0.25, 0.3) is 0 Å². The Morgan fingerprint density at radius 2 is 2.27 bits per heavy atom. The molecule has 0 aromatic heterocycles. The Morgan fingerprint density at radius 1 is 1.53 bits per heavy atom. The molecule has 1 aliphatic heterocycles. The zero-order valence-electron chi connectivity index (χ0n) is 8.52. The van der Waals surface area contributed by atoms with Crippen molar-refractivity contribution in [2.75, 3.05) is 13.1 Å². The molecule has 15 heavy (non-hydrogen) atoms. The van der Waals surface area contributed by atoms with Gasteiger partial charge in [0.2, 0.25) is 0 Å². The molecule has 0 atom stereocenters. The minimum Gasteiger partial charge on any atom is -0.368 e. The Balaban J connectivity index is 1.98. The summed E-state index contributed by atoms with van der Waals surface area (Å²) in [5, 5.41) is 3.17. The van der Waals surface area contributed by atoms with E-state index in [4.69, 9.17) is 4.74 Å². The Hall–Kier alpha value is -0.450. The molecule has 1 N–H and O–H groups in total. The van der Waals surface area contributed by atoms with E-state index in [0.717, 1.165) is 23.1 Å². The van der Waals surface area contributed by atoms with Crippen LogP contribution in [-0.4, -0.2) is 18.7 Å². The Bertz CT molecular complexity index is 366. The van der Waals surface area contributed by atoms with E-state index in [9.17, 15) is 4.39 Å². The second-order valence-corrected chi connectivity index (χ2v) is 4.93. The highest BCUT2D eigenvalue weighted by Crippen LogP contribution is 2.23. The quantitative estimate of drug-likeness (QED) is 0.914. The summed E-state index contributed by atoms with van der Waals surface area (Å²) in [7, 11) is 0. The number of benzene rings is 1. The van der Waals surface area contributed by atoms with Crippen LogP contribution in [0.4, 0.5) is 4.39 Å². The molecule has 1 heterocycles. The van der Waals surface area contributed by atoms with Gasteiger partial charge in [-0.2, -0.15) is 0 Å². The summed E-state index contributed by atoms with van der Waals surface area (Å²) in [6.07, 6.45) is 0. The van der Waals surface area contributed by atoms with Crippen molar-refractivity contribution in [3.8, 4) is 0 Å². The molecule has 1 aliphatic rings. The van der Waals surface area contributed by atoms with E-state index in [0.29, 0.717) is 6.61 Å². The van der Waals surface area contributed by atoms with Gasteiger partial charge in [0.15, 0.2) is 0 Å². The van der Waals surface area contributed by atoms with Crippen LogP contribution in [-0.2, 0) is 11.3 Å². The van der Waals surface area contributed by atoms with Gasteiger partial charge in [-0.15, -0.1) is 0 Å². The van der Waals surface area contributed by atoms with Crippen molar-refractivity contribution in [1.82, 2.24) is 5.32 Å². The number of hydrogen-bond acceptors (Lipinski definition) is 2. The molecule has 0 radical (unpaired) electrons. The van der Waals surface area contributed by atoms with Crippen LogP contribution in [0.5, 0.6) is 0 Å². The van der Waals surface area contributed by atoms with Crippen LogP contribution < -0.4 is 5.32 Å². The third-order valence-corrected chi connectivity index (χ3v) is 3.33. The molecule has 0 amide bonds. The fourth-order valence-corrected chi connectivity index (χ4v) is 1.94. The SMILES string of the molecule is CC1(OCc2ccc(F)cc2Br)CNC1. The topological polar surface area (TPSA) is 21.3 Å². The average molecular weight is 274 g/mol. The molecule has 82 valence electrons. The van der Waals surface area contributed by atoms with Crippen LogP contribution >= 0.6 is 15.9 Å².